The molecule has 0 saturated heterocycles. The summed E-state index contributed by atoms with van der Waals surface area (Å²) in [4.78, 5) is 4.58. The summed E-state index contributed by atoms with van der Waals surface area (Å²) in [6.07, 6.45) is 2.23. The zero-order valence-electron chi connectivity index (χ0n) is 12.2. The van der Waals surface area contributed by atoms with Crippen LogP contribution in [0.25, 0.3) is 0 Å². The number of nitrogen functional groups attached to an aromatic ring is 1. The Hall–Kier alpha value is -1.04. The van der Waals surface area contributed by atoms with Crippen LogP contribution in [0.2, 0.25) is 0 Å². The molecule has 1 heterocycles. The smallest absolute Gasteiger partial charge is 0.112 e. The zero-order chi connectivity index (χ0) is 15.0. The normalized spacial score (nSPS) is 33.0. The van der Waals surface area contributed by atoms with Gasteiger partial charge >= 0.3 is 0 Å². The Kier molecular flexibility index (Phi) is 3.99. The first-order valence-electron chi connectivity index (χ1n) is 7.45. The van der Waals surface area contributed by atoms with Crippen LogP contribution in [-0.4, -0.2) is 33.5 Å². The largest absolute Gasteiger partial charge is 0.399 e. The third-order valence-electron chi connectivity index (χ3n) is 4.33. The molecule has 1 atom stereocenters. The fourth-order valence-corrected chi connectivity index (χ4v) is 4.39. The second-order valence-electron chi connectivity index (χ2n) is 6.19. The van der Waals surface area contributed by atoms with E-state index in [0.29, 0.717) is 32.2 Å². The summed E-state index contributed by atoms with van der Waals surface area (Å²) in [6, 6.07) is 6.10. The molecule has 5 heteroatoms. The van der Waals surface area contributed by atoms with Gasteiger partial charge in [0.2, 0.25) is 0 Å². The highest BCUT2D eigenvalue weighted by Gasteiger charge is 2.41. The lowest BCUT2D eigenvalue weighted by atomic mass is 9.84. The number of nitrogens with zero attached hydrogens (tertiary/aromatic N) is 1. The van der Waals surface area contributed by atoms with E-state index in [0.717, 1.165) is 16.3 Å². The quantitative estimate of drug-likeness (QED) is 0.733. The average molecular weight is 306 g/mol. The maximum Gasteiger partial charge on any atom is 0.112 e. The molecule has 4 nitrogen and oxygen atoms in total. The van der Waals surface area contributed by atoms with Crippen molar-refractivity contribution in [1.29, 1.82) is 0 Å². The molecular formula is C16H22N2O2S. The van der Waals surface area contributed by atoms with Crippen LogP contribution in [0, 0.1) is 6.92 Å². The van der Waals surface area contributed by atoms with Crippen LogP contribution in [0.1, 0.15) is 42.1 Å². The van der Waals surface area contributed by atoms with Gasteiger partial charge in [0, 0.05) is 5.69 Å². The highest BCUT2D eigenvalue weighted by atomic mass is 32.2. The van der Waals surface area contributed by atoms with Gasteiger partial charge in [-0.1, -0.05) is 17.8 Å². The predicted octanol–water partition coefficient (Wildman–Crippen LogP) is 2.43. The molecule has 4 N–H and O–H groups in total. The van der Waals surface area contributed by atoms with Crippen LogP contribution < -0.4 is 5.73 Å². The third kappa shape index (κ3) is 3.10. The van der Waals surface area contributed by atoms with Crippen molar-refractivity contribution >= 4 is 22.5 Å². The first kappa shape index (κ1) is 14.9. The molecule has 0 amide bonds. The number of aliphatic imine (C=N–C) groups is 1. The van der Waals surface area contributed by atoms with E-state index in [2.05, 4.69) is 11.1 Å². The molecule has 21 heavy (non-hydrogen) atoms. The third-order valence-corrected chi connectivity index (χ3v) is 5.77. The molecule has 1 unspecified atom stereocenters. The van der Waals surface area contributed by atoms with E-state index in [1.165, 1.54) is 5.56 Å². The summed E-state index contributed by atoms with van der Waals surface area (Å²) >= 11 is 1.65. The van der Waals surface area contributed by atoms with E-state index in [1.54, 1.807) is 11.8 Å². The highest BCUT2D eigenvalue weighted by molar-refractivity contribution is 8.14. The van der Waals surface area contributed by atoms with Gasteiger partial charge in [0.05, 0.1) is 17.9 Å². The molecule has 1 aliphatic carbocycles. The highest BCUT2D eigenvalue weighted by Crippen LogP contribution is 2.43. The van der Waals surface area contributed by atoms with Crippen LogP contribution in [0.15, 0.2) is 23.2 Å². The molecule has 2 aliphatic rings. The summed E-state index contributed by atoms with van der Waals surface area (Å²) in [5.41, 5.74) is 8.19. The lowest BCUT2D eigenvalue weighted by molar-refractivity contribution is 0.0194. The van der Waals surface area contributed by atoms with E-state index in [9.17, 15) is 10.2 Å². The number of aryl methyl sites for hydroxylation is 1. The van der Waals surface area contributed by atoms with Crippen molar-refractivity contribution in [2.45, 2.75) is 49.6 Å². The summed E-state index contributed by atoms with van der Waals surface area (Å²) in [6.45, 7) is 2.73. The molecule has 0 spiro atoms. The van der Waals surface area contributed by atoms with Crippen LogP contribution in [0.4, 0.5) is 5.69 Å². The van der Waals surface area contributed by atoms with Crippen molar-refractivity contribution in [2.24, 2.45) is 4.99 Å². The molecule has 1 aliphatic heterocycles. The van der Waals surface area contributed by atoms with Gasteiger partial charge in [0.1, 0.15) is 10.6 Å². The molecule has 1 aromatic carbocycles. The molecule has 114 valence electrons. The van der Waals surface area contributed by atoms with Gasteiger partial charge in [-0.25, -0.2) is 0 Å². The summed E-state index contributed by atoms with van der Waals surface area (Å²) in [5, 5.41) is 21.4. The van der Waals surface area contributed by atoms with Crippen molar-refractivity contribution in [1.82, 2.24) is 0 Å². The van der Waals surface area contributed by atoms with Gasteiger partial charge in [-0.05, 0) is 55.9 Å². The zero-order valence-corrected chi connectivity index (χ0v) is 13.1. The summed E-state index contributed by atoms with van der Waals surface area (Å²) in [7, 11) is 0. The minimum absolute atomic E-state index is 0.234. The van der Waals surface area contributed by atoms with Gasteiger partial charge < -0.3 is 15.9 Å². The van der Waals surface area contributed by atoms with Crippen LogP contribution >= 0.6 is 11.8 Å². The molecule has 0 bridgehead atoms. The van der Waals surface area contributed by atoms with E-state index in [-0.39, 0.29) is 11.4 Å². The Bertz CT molecular complexity index is 545. The molecule has 0 aromatic heterocycles. The summed E-state index contributed by atoms with van der Waals surface area (Å²) in [5.74, 6) is 0. The van der Waals surface area contributed by atoms with Crippen LogP contribution in [-0.2, 0) is 0 Å². The van der Waals surface area contributed by atoms with E-state index in [1.807, 2.05) is 19.1 Å². The van der Waals surface area contributed by atoms with Gasteiger partial charge in [0.25, 0.3) is 0 Å². The minimum Gasteiger partial charge on any atom is -0.399 e. The van der Waals surface area contributed by atoms with Gasteiger partial charge in [-0.2, -0.15) is 0 Å². The first-order valence-corrected chi connectivity index (χ1v) is 8.33. The van der Waals surface area contributed by atoms with Crippen molar-refractivity contribution in [3.8, 4) is 0 Å². The molecular weight excluding hydrogens is 284 g/mol. The van der Waals surface area contributed by atoms with Crippen LogP contribution in [0.3, 0.4) is 0 Å². The first-order chi connectivity index (χ1) is 9.96. The van der Waals surface area contributed by atoms with Crippen molar-refractivity contribution in [2.75, 3.05) is 12.3 Å². The Balaban J connectivity index is 1.72. The van der Waals surface area contributed by atoms with Gasteiger partial charge in [-0.15, -0.1) is 0 Å². The number of benzene rings is 1. The number of aliphatic hydroxyl groups is 2. The maximum absolute atomic E-state index is 10.8. The van der Waals surface area contributed by atoms with Gasteiger partial charge in [-0.3, -0.25) is 4.99 Å². The Labute approximate surface area is 129 Å². The number of nitrogens with two attached hydrogens (primary N) is 1. The SMILES string of the molecule is Cc1cc(N)cc(C2CN=C(C3(O)CCC(O)CC3)S2)c1. The lowest BCUT2D eigenvalue weighted by Gasteiger charge is -2.34. The van der Waals surface area contributed by atoms with E-state index >= 15 is 0 Å². The maximum atomic E-state index is 10.8. The fraction of sp³-hybridized carbons (Fsp3) is 0.562. The van der Waals surface area contributed by atoms with E-state index < -0.39 is 5.60 Å². The lowest BCUT2D eigenvalue weighted by Crippen LogP contribution is -2.41. The van der Waals surface area contributed by atoms with Crippen LogP contribution in [0.5, 0.6) is 0 Å². The van der Waals surface area contributed by atoms with E-state index in [4.69, 9.17) is 5.73 Å². The fourth-order valence-electron chi connectivity index (χ4n) is 3.13. The Morgan fingerprint density at radius 2 is 2.00 bits per heavy atom. The van der Waals surface area contributed by atoms with Crippen molar-refractivity contribution in [3.05, 3.63) is 29.3 Å². The number of thioether (sulfide) groups is 1. The number of hydrogen-bond donors (Lipinski definition) is 3. The Morgan fingerprint density at radius 3 is 2.67 bits per heavy atom. The number of anilines is 1. The topological polar surface area (TPSA) is 78.8 Å². The molecule has 1 fully saturated rings. The van der Waals surface area contributed by atoms with Crippen molar-refractivity contribution in [3.63, 3.8) is 0 Å². The molecule has 1 saturated carbocycles. The summed E-state index contributed by atoms with van der Waals surface area (Å²) < 4.78 is 0. The second-order valence-corrected chi connectivity index (χ2v) is 7.38. The second kappa shape index (κ2) is 5.63. The number of aliphatic hydroxyl groups excluding tert-OH is 1. The average Bonchev–Trinajstić information content (AvgIpc) is 2.92. The number of rotatable bonds is 2. The minimum atomic E-state index is -0.839. The number of hydrogen-bond acceptors (Lipinski definition) is 5. The molecule has 1 aromatic rings. The monoisotopic (exact) mass is 306 g/mol. The standard InChI is InChI=1S/C16H22N2O2S/c1-10-6-11(8-12(17)7-10)14-9-18-15(21-14)16(20)4-2-13(19)3-5-16/h6-8,13-14,19-20H,2-5,9,17H2,1H3. The molecule has 0 radical (unpaired) electrons. The Morgan fingerprint density at radius 1 is 1.29 bits per heavy atom. The van der Waals surface area contributed by atoms with Crippen molar-refractivity contribution < 1.29 is 10.2 Å². The molecule has 3 rings (SSSR count). The predicted molar refractivity (Wildman–Crippen MR) is 87.7 cm³/mol. The van der Waals surface area contributed by atoms with Gasteiger partial charge in [0.15, 0.2) is 0 Å².